The third-order valence-corrected chi connectivity index (χ3v) is 4.12. The molecule has 5 heteroatoms. The van der Waals surface area contributed by atoms with E-state index in [1.807, 2.05) is 30.3 Å². The predicted octanol–water partition coefficient (Wildman–Crippen LogP) is 2.55. The quantitative estimate of drug-likeness (QED) is 0.888. The summed E-state index contributed by atoms with van der Waals surface area (Å²) < 4.78 is 5.13. The van der Waals surface area contributed by atoms with Gasteiger partial charge in [-0.2, -0.15) is 0 Å². The zero-order chi connectivity index (χ0) is 16.9. The third kappa shape index (κ3) is 3.74. The van der Waals surface area contributed by atoms with Gasteiger partial charge in [0.25, 0.3) is 5.91 Å². The number of ether oxygens (including phenoxy) is 1. The standard InChI is InChI=1S/C19H20N2O3/c1-24-16-6-2-13(3-7-16)10-11-20-19(23)15-4-8-17-14(12-15)5-9-18(22)21-17/h2-4,6-8,12H,5,9-11H2,1H3,(H,20,23)(H,21,22). The zero-order valence-electron chi connectivity index (χ0n) is 13.6. The molecule has 0 unspecified atom stereocenters. The number of amides is 2. The maximum atomic E-state index is 12.3. The van der Waals surface area contributed by atoms with Gasteiger partial charge in [-0.3, -0.25) is 9.59 Å². The molecule has 5 nitrogen and oxygen atoms in total. The van der Waals surface area contributed by atoms with Crippen molar-refractivity contribution in [3.63, 3.8) is 0 Å². The predicted molar refractivity (Wildman–Crippen MR) is 92.4 cm³/mol. The molecule has 124 valence electrons. The van der Waals surface area contributed by atoms with Gasteiger partial charge in [-0.15, -0.1) is 0 Å². The fraction of sp³-hybridized carbons (Fsp3) is 0.263. The summed E-state index contributed by atoms with van der Waals surface area (Å²) in [7, 11) is 1.64. The number of fused-ring (bicyclic) bond motifs is 1. The molecule has 0 spiro atoms. The van der Waals surface area contributed by atoms with Gasteiger partial charge in [0.1, 0.15) is 5.75 Å². The second-order valence-corrected chi connectivity index (χ2v) is 5.77. The van der Waals surface area contributed by atoms with E-state index in [2.05, 4.69) is 10.6 Å². The molecule has 1 aliphatic heterocycles. The molecule has 0 fully saturated rings. The zero-order valence-corrected chi connectivity index (χ0v) is 13.6. The molecule has 0 saturated heterocycles. The molecule has 2 N–H and O–H groups in total. The number of aryl methyl sites for hydroxylation is 1. The van der Waals surface area contributed by atoms with E-state index in [1.165, 1.54) is 0 Å². The van der Waals surface area contributed by atoms with E-state index >= 15 is 0 Å². The van der Waals surface area contributed by atoms with Crippen molar-refractivity contribution in [3.8, 4) is 5.75 Å². The topological polar surface area (TPSA) is 67.4 Å². The first kappa shape index (κ1) is 16.1. The number of hydrogen-bond donors (Lipinski definition) is 2. The van der Waals surface area contributed by atoms with Crippen molar-refractivity contribution >= 4 is 17.5 Å². The van der Waals surface area contributed by atoms with Gasteiger partial charge in [0.05, 0.1) is 7.11 Å². The lowest BCUT2D eigenvalue weighted by molar-refractivity contribution is -0.116. The molecule has 1 heterocycles. The highest BCUT2D eigenvalue weighted by atomic mass is 16.5. The van der Waals surface area contributed by atoms with E-state index < -0.39 is 0 Å². The first-order chi connectivity index (χ1) is 11.7. The molecule has 0 bridgehead atoms. The van der Waals surface area contributed by atoms with Crippen LogP contribution in [0.2, 0.25) is 0 Å². The van der Waals surface area contributed by atoms with Crippen LogP contribution in [0.1, 0.15) is 27.9 Å². The maximum absolute atomic E-state index is 12.3. The number of hydrogen-bond acceptors (Lipinski definition) is 3. The molecule has 2 amide bonds. The molecular formula is C19H20N2O3. The first-order valence-corrected chi connectivity index (χ1v) is 7.99. The Hall–Kier alpha value is -2.82. The lowest BCUT2D eigenvalue weighted by Gasteiger charge is -2.17. The Labute approximate surface area is 141 Å². The lowest BCUT2D eigenvalue weighted by Crippen LogP contribution is -2.26. The van der Waals surface area contributed by atoms with Gasteiger partial charge in [-0.1, -0.05) is 12.1 Å². The van der Waals surface area contributed by atoms with Crippen molar-refractivity contribution < 1.29 is 14.3 Å². The van der Waals surface area contributed by atoms with E-state index in [9.17, 15) is 9.59 Å². The van der Waals surface area contributed by atoms with Crippen LogP contribution in [-0.4, -0.2) is 25.5 Å². The highest BCUT2D eigenvalue weighted by Crippen LogP contribution is 2.23. The average Bonchev–Trinajstić information content (AvgIpc) is 2.61. The molecule has 0 atom stereocenters. The van der Waals surface area contributed by atoms with E-state index in [-0.39, 0.29) is 11.8 Å². The lowest BCUT2D eigenvalue weighted by atomic mass is 10.00. The van der Waals surface area contributed by atoms with Gasteiger partial charge in [0.15, 0.2) is 0 Å². The van der Waals surface area contributed by atoms with Gasteiger partial charge in [-0.25, -0.2) is 0 Å². The summed E-state index contributed by atoms with van der Waals surface area (Å²) in [5.41, 5.74) is 3.59. The van der Waals surface area contributed by atoms with Crippen LogP contribution in [-0.2, 0) is 17.6 Å². The van der Waals surface area contributed by atoms with E-state index in [1.54, 1.807) is 19.2 Å². The molecule has 2 aromatic carbocycles. The second kappa shape index (κ2) is 7.17. The summed E-state index contributed by atoms with van der Waals surface area (Å²) in [5, 5.41) is 5.75. The summed E-state index contributed by atoms with van der Waals surface area (Å²) in [6, 6.07) is 13.2. The maximum Gasteiger partial charge on any atom is 0.251 e. The normalized spacial score (nSPS) is 13.0. The summed E-state index contributed by atoms with van der Waals surface area (Å²) in [5.74, 6) is 0.756. The molecule has 0 radical (unpaired) electrons. The van der Waals surface area contributed by atoms with Crippen LogP contribution in [0.4, 0.5) is 5.69 Å². The molecule has 1 aliphatic rings. The van der Waals surface area contributed by atoms with E-state index in [0.29, 0.717) is 24.9 Å². The summed E-state index contributed by atoms with van der Waals surface area (Å²) in [6.45, 7) is 0.568. The van der Waals surface area contributed by atoms with Gasteiger partial charge in [0.2, 0.25) is 5.91 Å². The number of benzene rings is 2. The minimum Gasteiger partial charge on any atom is -0.497 e. The minimum atomic E-state index is -0.0942. The van der Waals surface area contributed by atoms with Crippen LogP contribution in [0.15, 0.2) is 42.5 Å². The number of rotatable bonds is 5. The second-order valence-electron chi connectivity index (χ2n) is 5.77. The van der Waals surface area contributed by atoms with Crippen molar-refractivity contribution in [1.82, 2.24) is 5.32 Å². The Morgan fingerprint density at radius 2 is 1.96 bits per heavy atom. The summed E-state index contributed by atoms with van der Waals surface area (Å²) in [4.78, 5) is 23.6. The fourth-order valence-corrected chi connectivity index (χ4v) is 2.74. The van der Waals surface area contributed by atoms with Crippen molar-refractivity contribution in [2.24, 2.45) is 0 Å². The van der Waals surface area contributed by atoms with Gasteiger partial charge >= 0.3 is 0 Å². The number of anilines is 1. The van der Waals surface area contributed by atoms with Crippen molar-refractivity contribution in [2.75, 3.05) is 19.0 Å². The molecular weight excluding hydrogens is 304 g/mol. The summed E-state index contributed by atoms with van der Waals surface area (Å²) >= 11 is 0. The van der Waals surface area contributed by atoms with Crippen molar-refractivity contribution in [2.45, 2.75) is 19.3 Å². The smallest absolute Gasteiger partial charge is 0.251 e. The van der Waals surface area contributed by atoms with Crippen LogP contribution in [0.25, 0.3) is 0 Å². The Balaban J connectivity index is 1.56. The molecule has 3 rings (SSSR count). The van der Waals surface area contributed by atoms with Crippen molar-refractivity contribution in [3.05, 3.63) is 59.2 Å². The minimum absolute atomic E-state index is 0.0270. The van der Waals surface area contributed by atoms with Gasteiger partial charge in [0, 0.05) is 24.2 Å². The number of carbonyl (C=O) groups is 2. The third-order valence-electron chi connectivity index (χ3n) is 4.12. The molecule has 0 aliphatic carbocycles. The Bertz CT molecular complexity index is 754. The Kier molecular flexibility index (Phi) is 4.79. The van der Waals surface area contributed by atoms with Crippen LogP contribution in [0, 0.1) is 0 Å². The first-order valence-electron chi connectivity index (χ1n) is 7.99. The summed E-state index contributed by atoms with van der Waals surface area (Å²) in [6.07, 6.45) is 1.90. The van der Waals surface area contributed by atoms with Gasteiger partial charge < -0.3 is 15.4 Å². The SMILES string of the molecule is COc1ccc(CCNC(=O)c2ccc3c(c2)CCC(=O)N3)cc1. The molecule has 0 aromatic heterocycles. The fourth-order valence-electron chi connectivity index (χ4n) is 2.74. The molecule has 2 aromatic rings. The van der Waals surface area contributed by atoms with Crippen LogP contribution < -0.4 is 15.4 Å². The Morgan fingerprint density at radius 3 is 2.71 bits per heavy atom. The van der Waals surface area contributed by atoms with Gasteiger partial charge in [-0.05, 0) is 54.3 Å². The largest absolute Gasteiger partial charge is 0.497 e. The van der Waals surface area contributed by atoms with Crippen molar-refractivity contribution in [1.29, 1.82) is 0 Å². The van der Waals surface area contributed by atoms with E-state index in [0.717, 1.165) is 29.0 Å². The Morgan fingerprint density at radius 1 is 1.17 bits per heavy atom. The van der Waals surface area contributed by atoms with Crippen LogP contribution >= 0.6 is 0 Å². The highest BCUT2D eigenvalue weighted by molar-refractivity contribution is 5.97. The molecule has 24 heavy (non-hydrogen) atoms. The monoisotopic (exact) mass is 324 g/mol. The number of carbonyl (C=O) groups excluding carboxylic acids is 2. The van der Waals surface area contributed by atoms with E-state index in [4.69, 9.17) is 4.74 Å². The number of nitrogens with one attached hydrogen (secondary N) is 2. The highest BCUT2D eigenvalue weighted by Gasteiger charge is 2.16. The molecule has 0 saturated carbocycles. The average molecular weight is 324 g/mol. The number of methoxy groups -OCH3 is 1. The van der Waals surface area contributed by atoms with Crippen LogP contribution in [0.3, 0.4) is 0 Å². The van der Waals surface area contributed by atoms with Crippen LogP contribution in [0.5, 0.6) is 5.75 Å².